The van der Waals surface area contributed by atoms with E-state index in [0.29, 0.717) is 48.7 Å². The van der Waals surface area contributed by atoms with Gasteiger partial charge in [0, 0.05) is 24.6 Å². The van der Waals surface area contributed by atoms with E-state index in [1.165, 1.54) is 6.07 Å². The Kier molecular flexibility index (Phi) is 6.69. The highest BCUT2D eigenvalue weighted by atomic mass is 19.1. The minimum atomic E-state index is -1.06. The summed E-state index contributed by atoms with van der Waals surface area (Å²) in [6.45, 7) is 4.03. The van der Waals surface area contributed by atoms with Gasteiger partial charge >= 0.3 is 5.97 Å². The van der Waals surface area contributed by atoms with Crippen LogP contribution in [0.25, 0.3) is 11.1 Å². The number of carbonyl (C=O) groups is 1. The maximum atomic E-state index is 14.9. The van der Waals surface area contributed by atoms with Crippen molar-refractivity contribution in [3.05, 3.63) is 71.2 Å². The summed E-state index contributed by atoms with van der Waals surface area (Å²) in [5.74, 6) is -1.60. The summed E-state index contributed by atoms with van der Waals surface area (Å²) in [5, 5.41) is 13.5. The van der Waals surface area contributed by atoms with Crippen LogP contribution in [0.4, 0.5) is 10.3 Å². The van der Waals surface area contributed by atoms with Gasteiger partial charge in [0.1, 0.15) is 5.82 Å². The molecule has 1 aliphatic rings. The van der Waals surface area contributed by atoms with E-state index in [9.17, 15) is 14.3 Å². The third-order valence-corrected chi connectivity index (χ3v) is 5.67. The van der Waals surface area contributed by atoms with Crippen molar-refractivity contribution in [1.82, 2.24) is 10.1 Å². The lowest BCUT2D eigenvalue weighted by Crippen LogP contribution is -2.44. The van der Waals surface area contributed by atoms with Gasteiger partial charge in [-0.15, -0.1) is 0 Å². The SMILES string of the molecule is CC(c1ccc(-c2ccccc2)c(F)c1)c1noc(/N=C(\N)N2CCOCC2)c1CC(=O)O. The fraction of sp³-hybridized carbons (Fsp3) is 0.292. The Morgan fingerprint density at radius 3 is 2.64 bits per heavy atom. The van der Waals surface area contributed by atoms with Gasteiger partial charge in [0.05, 0.1) is 30.9 Å². The van der Waals surface area contributed by atoms with Crippen LogP contribution in [0.15, 0.2) is 58.0 Å². The molecule has 8 nitrogen and oxygen atoms in total. The van der Waals surface area contributed by atoms with Crippen molar-refractivity contribution in [2.45, 2.75) is 19.3 Å². The van der Waals surface area contributed by atoms with Crippen LogP contribution in [0.3, 0.4) is 0 Å². The van der Waals surface area contributed by atoms with E-state index in [1.54, 1.807) is 12.1 Å². The minimum Gasteiger partial charge on any atom is -0.481 e. The van der Waals surface area contributed by atoms with Gasteiger partial charge in [0.15, 0.2) is 5.96 Å². The quantitative estimate of drug-likeness (QED) is 0.434. The van der Waals surface area contributed by atoms with Crippen molar-refractivity contribution in [3.63, 3.8) is 0 Å². The molecule has 0 saturated carbocycles. The molecule has 1 atom stereocenters. The maximum absolute atomic E-state index is 14.9. The van der Waals surface area contributed by atoms with Crippen molar-refractivity contribution < 1.29 is 23.6 Å². The first-order chi connectivity index (χ1) is 15.9. The van der Waals surface area contributed by atoms with Crippen LogP contribution in [-0.2, 0) is 16.0 Å². The van der Waals surface area contributed by atoms with E-state index in [0.717, 1.165) is 5.56 Å². The molecule has 9 heteroatoms. The number of ether oxygens (including phenoxy) is 1. The van der Waals surface area contributed by atoms with Crippen molar-refractivity contribution in [2.75, 3.05) is 26.3 Å². The number of hydrogen-bond donors (Lipinski definition) is 2. The average molecular weight is 452 g/mol. The normalized spacial score (nSPS) is 15.5. The first-order valence-electron chi connectivity index (χ1n) is 10.7. The largest absolute Gasteiger partial charge is 0.481 e. The van der Waals surface area contributed by atoms with Gasteiger partial charge in [-0.25, -0.2) is 4.39 Å². The summed E-state index contributed by atoms with van der Waals surface area (Å²) < 4.78 is 25.6. The molecule has 3 aromatic rings. The minimum absolute atomic E-state index is 0.0459. The van der Waals surface area contributed by atoms with E-state index in [4.69, 9.17) is 15.0 Å². The molecule has 0 amide bonds. The molecule has 1 fully saturated rings. The number of nitrogens with two attached hydrogens (primary N) is 1. The second kappa shape index (κ2) is 9.83. The molecular formula is C24H25FN4O4. The number of aliphatic imine (C=N–C) groups is 1. The molecule has 2 heterocycles. The highest BCUT2D eigenvalue weighted by Crippen LogP contribution is 2.34. The lowest BCUT2D eigenvalue weighted by atomic mass is 9.92. The first-order valence-corrected chi connectivity index (χ1v) is 10.7. The Labute approximate surface area is 190 Å². The van der Waals surface area contributed by atoms with Gasteiger partial charge in [0.25, 0.3) is 5.88 Å². The van der Waals surface area contributed by atoms with Gasteiger partial charge < -0.3 is 25.0 Å². The van der Waals surface area contributed by atoms with Gasteiger partial charge in [-0.05, 0) is 17.2 Å². The zero-order chi connectivity index (χ0) is 23.4. The molecule has 1 aromatic heterocycles. The number of benzene rings is 2. The third-order valence-electron chi connectivity index (χ3n) is 5.67. The molecule has 3 N–H and O–H groups in total. The lowest BCUT2D eigenvalue weighted by Gasteiger charge is -2.27. The number of aromatic nitrogens is 1. The summed E-state index contributed by atoms with van der Waals surface area (Å²) in [6, 6.07) is 14.2. The summed E-state index contributed by atoms with van der Waals surface area (Å²) >= 11 is 0. The molecule has 0 aliphatic carbocycles. The molecule has 4 rings (SSSR count). The predicted molar refractivity (Wildman–Crippen MR) is 121 cm³/mol. The van der Waals surface area contributed by atoms with E-state index in [2.05, 4.69) is 10.1 Å². The van der Waals surface area contributed by atoms with Crippen LogP contribution in [0.1, 0.15) is 29.7 Å². The highest BCUT2D eigenvalue weighted by molar-refractivity contribution is 5.82. The predicted octanol–water partition coefficient (Wildman–Crippen LogP) is 3.54. The molecule has 1 saturated heterocycles. The molecule has 0 bridgehead atoms. The fourth-order valence-electron chi connectivity index (χ4n) is 3.84. The van der Waals surface area contributed by atoms with E-state index in [-0.39, 0.29) is 24.1 Å². The van der Waals surface area contributed by atoms with Crippen LogP contribution >= 0.6 is 0 Å². The summed E-state index contributed by atoms with van der Waals surface area (Å²) in [6.07, 6.45) is -0.344. The molecule has 1 unspecified atom stereocenters. The Hall–Kier alpha value is -3.72. The van der Waals surface area contributed by atoms with Crippen LogP contribution < -0.4 is 5.73 Å². The number of hydrogen-bond acceptors (Lipinski definition) is 5. The Balaban J connectivity index is 1.65. The fourth-order valence-corrected chi connectivity index (χ4v) is 3.84. The standard InChI is InChI=1S/C24H25FN4O4/c1-15(17-7-8-18(20(25)13-17)16-5-3-2-4-6-16)22-19(14-21(30)31)23(33-28-22)27-24(26)29-9-11-32-12-10-29/h2-8,13,15H,9-12,14H2,1H3,(H2,26,27)(H,30,31). The van der Waals surface area contributed by atoms with E-state index >= 15 is 0 Å². The van der Waals surface area contributed by atoms with Crippen molar-refractivity contribution in [2.24, 2.45) is 10.7 Å². The van der Waals surface area contributed by atoms with Crippen LogP contribution in [0.2, 0.25) is 0 Å². The Bertz CT molecular complexity index is 1160. The Morgan fingerprint density at radius 2 is 1.97 bits per heavy atom. The number of nitrogens with zero attached hydrogens (tertiary/aromatic N) is 3. The number of rotatable bonds is 6. The number of carboxylic acids is 1. The van der Waals surface area contributed by atoms with Gasteiger partial charge in [-0.3, -0.25) is 4.79 Å². The second-order valence-corrected chi connectivity index (χ2v) is 7.82. The summed E-state index contributed by atoms with van der Waals surface area (Å²) in [7, 11) is 0. The number of aliphatic carboxylic acids is 1. The lowest BCUT2D eigenvalue weighted by molar-refractivity contribution is -0.136. The third kappa shape index (κ3) is 5.04. The maximum Gasteiger partial charge on any atom is 0.308 e. The number of morpholine rings is 1. The molecule has 0 spiro atoms. The molecule has 172 valence electrons. The monoisotopic (exact) mass is 452 g/mol. The van der Waals surface area contributed by atoms with Crippen LogP contribution in [0.5, 0.6) is 0 Å². The topological polar surface area (TPSA) is 114 Å². The number of guanidine groups is 1. The van der Waals surface area contributed by atoms with Gasteiger partial charge in [-0.1, -0.05) is 54.5 Å². The van der Waals surface area contributed by atoms with E-state index in [1.807, 2.05) is 42.2 Å². The molecule has 33 heavy (non-hydrogen) atoms. The molecule has 0 radical (unpaired) electrons. The van der Waals surface area contributed by atoms with E-state index < -0.39 is 11.9 Å². The van der Waals surface area contributed by atoms with Crippen molar-refractivity contribution in [1.29, 1.82) is 0 Å². The second-order valence-electron chi connectivity index (χ2n) is 7.82. The van der Waals surface area contributed by atoms with Crippen molar-refractivity contribution >= 4 is 17.8 Å². The Morgan fingerprint density at radius 1 is 1.24 bits per heavy atom. The molecular weight excluding hydrogens is 427 g/mol. The summed E-state index contributed by atoms with van der Waals surface area (Å²) in [5.41, 5.74) is 8.71. The number of halogens is 1. The summed E-state index contributed by atoms with van der Waals surface area (Å²) in [4.78, 5) is 17.7. The van der Waals surface area contributed by atoms with Gasteiger partial charge in [-0.2, -0.15) is 4.99 Å². The zero-order valence-electron chi connectivity index (χ0n) is 18.2. The first kappa shape index (κ1) is 22.5. The molecule has 1 aliphatic heterocycles. The molecule has 2 aromatic carbocycles. The van der Waals surface area contributed by atoms with Crippen molar-refractivity contribution in [3.8, 4) is 11.1 Å². The zero-order valence-corrected chi connectivity index (χ0v) is 18.2. The van der Waals surface area contributed by atoms with Gasteiger partial charge in [0.2, 0.25) is 0 Å². The smallest absolute Gasteiger partial charge is 0.308 e. The highest BCUT2D eigenvalue weighted by Gasteiger charge is 2.25. The average Bonchev–Trinajstić information content (AvgIpc) is 3.20. The van der Waals surface area contributed by atoms with Crippen LogP contribution in [-0.4, -0.2) is 53.4 Å². The van der Waals surface area contributed by atoms with Crippen LogP contribution in [0, 0.1) is 5.82 Å². The number of carboxylic acid groups (broad SMARTS) is 1.